The lowest BCUT2D eigenvalue weighted by Crippen LogP contribution is -2.41. The van der Waals surface area contributed by atoms with Gasteiger partial charge in [0.1, 0.15) is 0 Å². The molecule has 1 aromatic carbocycles. The maximum atomic E-state index is 11.7. The molecule has 3 N–H and O–H groups in total. The molecule has 0 heterocycles. The lowest BCUT2D eigenvalue weighted by Gasteiger charge is -2.07. The fraction of sp³-hybridized carbons (Fsp3) is 0.412. The van der Waals surface area contributed by atoms with Gasteiger partial charge in [-0.15, -0.1) is 0 Å². The van der Waals surface area contributed by atoms with Gasteiger partial charge in [-0.1, -0.05) is 25.5 Å². The Labute approximate surface area is 146 Å². The number of amides is 4. The van der Waals surface area contributed by atoms with Crippen LogP contribution in [0.4, 0.5) is 10.5 Å². The van der Waals surface area contributed by atoms with Gasteiger partial charge in [0.15, 0.2) is 6.61 Å². The van der Waals surface area contributed by atoms with Crippen LogP contribution in [0.1, 0.15) is 32.3 Å². The Morgan fingerprint density at radius 1 is 1.08 bits per heavy atom. The van der Waals surface area contributed by atoms with Crippen molar-refractivity contribution in [3.8, 4) is 0 Å². The Kier molecular flexibility index (Phi) is 8.70. The molecular formula is C17H23N3O5. The van der Waals surface area contributed by atoms with E-state index in [4.69, 9.17) is 4.74 Å². The van der Waals surface area contributed by atoms with E-state index < -0.39 is 24.5 Å². The third-order valence-electron chi connectivity index (χ3n) is 3.06. The maximum Gasteiger partial charge on any atom is 0.321 e. The molecule has 0 spiro atoms. The van der Waals surface area contributed by atoms with Crippen LogP contribution < -0.4 is 16.0 Å². The van der Waals surface area contributed by atoms with Crippen molar-refractivity contribution in [2.45, 2.75) is 33.1 Å². The van der Waals surface area contributed by atoms with E-state index in [1.165, 1.54) is 6.92 Å². The number of urea groups is 1. The van der Waals surface area contributed by atoms with Gasteiger partial charge in [0.2, 0.25) is 5.91 Å². The minimum Gasteiger partial charge on any atom is -0.455 e. The van der Waals surface area contributed by atoms with E-state index in [0.29, 0.717) is 17.8 Å². The lowest BCUT2D eigenvalue weighted by atomic mass is 10.1. The quantitative estimate of drug-likeness (QED) is 0.484. The van der Waals surface area contributed by atoms with Gasteiger partial charge in [0.25, 0.3) is 5.91 Å². The van der Waals surface area contributed by atoms with Crippen molar-refractivity contribution < 1.29 is 23.9 Å². The summed E-state index contributed by atoms with van der Waals surface area (Å²) in [6.45, 7) is 3.34. The molecule has 0 radical (unpaired) electrons. The number of carbonyl (C=O) groups is 4. The Balaban J connectivity index is 2.30. The lowest BCUT2D eigenvalue weighted by molar-refractivity contribution is -0.147. The van der Waals surface area contributed by atoms with Crippen molar-refractivity contribution in [3.63, 3.8) is 0 Å². The van der Waals surface area contributed by atoms with Crippen LogP contribution in [0.15, 0.2) is 24.3 Å². The molecule has 8 nitrogen and oxygen atoms in total. The molecule has 0 atom stereocenters. The van der Waals surface area contributed by atoms with E-state index in [2.05, 4.69) is 16.0 Å². The predicted octanol–water partition coefficient (Wildman–Crippen LogP) is 1.36. The molecule has 1 aromatic rings. The van der Waals surface area contributed by atoms with E-state index in [9.17, 15) is 19.2 Å². The molecule has 0 bridgehead atoms. The number of ether oxygens (including phenoxy) is 1. The molecule has 0 unspecified atom stereocenters. The summed E-state index contributed by atoms with van der Waals surface area (Å²) >= 11 is 0. The van der Waals surface area contributed by atoms with Gasteiger partial charge < -0.3 is 15.4 Å². The molecule has 8 heteroatoms. The number of carbonyl (C=O) groups excluding carboxylic acids is 4. The zero-order valence-corrected chi connectivity index (χ0v) is 14.4. The molecule has 0 aliphatic carbocycles. The zero-order valence-electron chi connectivity index (χ0n) is 14.4. The first-order valence-electron chi connectivity index (χ1n) is 8.00. The van der Waals surface area contributed by atoms with Crippen LogP contribution in [0.25, 0.3) is 0 Å². The minimum absolute atomic E-state index is 0.0175. The van der Waals surface area contributed by atoms with Crippen molar-refractivity contribution in [2.75, 3.05) is 18.5 Å². The predicted molar refractivity (Wildman–Crippen MR) is 91.9 cm³/mol. The van der Waals surface area contributed by atoms with Crippen LogP contribution >= 0.6 is 0 Å². The minimum atomic E-state index is -0.691. The molecule has 0 aliphatic heterocycles. The summed E-state index contributed by atoms with van der Waals surface area (Å²) in [5, 5.41) is 7.21. The maximum absolute atomic E-state index is 11.7. The molecule has 4 amide bonds. The van der Waals surface area contributed by atoms with Crippen LogP contribution in [0.3, 0.4) is 0 Å². The van der Waals surface area contributed by atoms with Crippen molar-refractivity contribution in [1.82, 2.24) is 10.6 Å². The van der Waals surface area contributed by atoms with Gasteiger partial charge >= 0.3 is 12.0 Å². The number of nitrogens with one attached hydrogen (secondary N) is 3. The normalized spacial score (nSPS) is 9.84. The second-order valence-electron chi connectivity index (χ2n) is 5.37. The summed E-state index contributed by atoms with van der Waals surface area (Å²) in [5.41, 5.74) is 1.30. The smallest absolute Gasteiger partial charge is 0.321 e. The fourth-order valence-corrected chi connectivity index (χ4v) is 1.86. The van der Waals surface area contributed by atoms with Crippen LogP contribution in [-0.2, 0) is 25.5 Å². The number of esters is 1. The van der Waals surface area contributed by atoms with Crippen LogP contribution in [0.2, 0.25) is 0 Å². The number of hydrogen-bond donors (Lipinski definition) is 3. The molecule has 25 heavy (non-hydrogen) atoms. The monoisotopic (exact) mass is 349 g/mol. The molecular weight excluding hydrogens is 326 g/mol. The van der Waals surface area contributed by atoms with E-state index in [1.54, 1.807) is 24.3 Å². The van der Waals surface area contributed by atoms with E-state index >= 15 is 0 Å². The number of hydrogen-bond acceptors (Lipinski definition) is 5. The molecule has 1 rings (SSSR count). The average Bonchev–Trinajstić information content (AvgIpc) is 2.54. The highest BCUT2D eigenvalue weighted by Gasteiger charge is 2.11. The largest absolute Gasteiger partial charge is 0.455 e. The van der Waals surface area contributed by atoms with Crippen LogP contribution in [0, 0.1) is 0 Å². The SMILES string of the molecule is CCCCNC(=O)NC(=O)COC(=O)Cc1ccc(NC(C)=O)cc1. The van der Waals surface area contributed by atoms with Crippen LogP contribution in [0.5, 0.6) is 0 Å². The van der Waals surface area contributed by atoms with E-state index in [-0.39, 0.29) is 12.3 Å². The van der Waals surface area contributed by atoms with Crippen molar-refractivity contribution in [3.05, 3.63) is 29.8 Å². The van der Waals surface area contributed by atoms with Gasteiger partial charge in [-0.2, -0.15) is 0 Å². The van der Waals surface area contributed by atoms with Gasteiger partial charge in [0, 0.05) is 19.2 Å². The second-order valence-corrected chi connectivity index (χ2v) is 5.37. The summed E-state index contributed by atoms with van der Waals surface area (Å²) in [6, 6.07) is 6.07. The first-order chi connectivity index (χ1) is 11.9. The Hall–Kier alpha value is -2.90. The number of benzene rings is 1. The van der Waals surface area contributed by atoms with Gasteiger partial charge in [-0.3, -0.25) is 19.7 Å². The highest BCUT2D eigenvalue weighted by Crippen LogP contribution is 2.10. The molecule has 0 aromatic heterocycles. The fourth-order valence-electron chi connectivity index (χ4n) is 1.86. The number of unbranched alkanes of at least 4 members (excludes halogenated alkanes) is 1. The first-order valence-corrected chi connectivity index (χ1v) is 8.00. The van der Waals surface area contributed by atoms with Crippen molar-refractivity contribution in [2.24, 2.45) is 0 Å². The molecule has 136 valence electrons. The third kappa shape index (κ3) is 9.09. The summed E-state index contributed by atoms with van der Waals surface area (Å²) in [6.07, 6.45) is 1.73. The number of rotatable bonds is 8. The van der Waals surface area contributed by atoms with Crippen molar-refractivity contribution >= 4 is 29.5 Å². The Morgan fingerprint density at radius 2 is 1.76 bits per heavy atom. The molecule has 0 saturated heterocycles. The van der Waals surface area contributed by atoms with Gasteiger partial charge in [-0.25, -0.2) is 4.79 Å². The number of anilines is 1. The van der Waals surface area contributed by atoms with Crippen LogP contribution in [-0.4, -0.2) is 37.0 Å². The Bertz CT molecular complexity index is 613. The standard InChI is InChI=1S/C17H23N3O5/c1-3-4-9-18-17(24)20-15(22)11-25-16(23)10-13-5-7-14(8-6-13)19-12(2)21/h5-8H,3-4,9-11H2,1-2H3,(H,19,21)(H2,18,20,22,24). The molecule has 0 fully saturated rings. The summed E-state index contributed by atoms with van der Waals surface area (Å²) in [5.74, 6) is -1.46. The van der Waals surface area contributed by atoms with Gasteiger partial charge in [0.05, 0.1) is 6.42 Å². The Morgan fingerprint density at radius 3 is 2.36 bits per heavy atom. The molecule has 0 saturated carbocycles. The van der Waals surface area contributed by atoms with E-state index in [1.807, 2.05) is 6.92 Å². The topological polar surface area (TPSA) is 114 Å². The zero-order chi connectivity index (χ0) is 18.7. The highest BCUT2D eigenvalue weighted by atomic mass is 16.5. The second kappa shape index (κ2) is 10.8. The first kappa shape index (κ1) is 20.1. The molecule has 0 aliphatic rings. The third-order valence-corrected chi connectivity index (χ3v) is 3.06. The average molecular weight is 349 g/mol. The highest BCUT2D eigenvalue weighted by molar-refractivity contribution is 5.95. The summed E-state index contributed by atoms with van der Waals surface area (Å²) in [4.78, 5) is 45.5. The van der Waals surface area contributed by atoms with Gasteiger partial charge in [-0.05, 0) is 24.1 Å². The van der Waals surface area contributed by atoms with Crippen molar-refractivity contribution in [1.29, 1.82) is 0 Å². The summed E-state index contributed by atoms with van der Waals surface area (Å²) in [7, 11) is 0. The van der Waals surface area contributed by atoms with E-state index in [0.717, 1.165) is 12.8 Å². The summed E-state index contributed by atoms with van der Waals surface area (Å²) < 4.78 is 4.83. The number of imide groups is 1.